The number of hydrogen-bond donors (Lipinski definition) is 2. The summed E-state index contributed by atoms with van der Waals surface area (Å²) < 4.78 is 1.50. The van der Waals surface area contributed by atoms with Gasteiger partial charge in [-0.25, -0.2) is 0 Å². The Balaban J connectivity index is 2.86. The van der Waals surface area contributed by atoms with Gasteiger partial charge in [0.05, 0.1) is 0 Å². The van der Waals surface area contributed by atoms with Crippen LogP contribution in [-0.4, -0.2) is 31.1 Å². The molecule has 0 unspecified atom stereocenters. The molecule has 2 N–H and O–H groups in total. The van der Waals surface area contributed by atoms with Crippen LogP contribution in [0, 0.1) is 10.1 Å². The number of carbonyl (C=O) groups is 1. The zero-order valence-electron chi connectivity index (χ0n) is 10.5. The number of nitrogens with zero attached hydrogens (tertiary/aromatic N) is 3. The van der Waals surface area contributed by atoms with Crippen LogP contribution in [0.25, 0.3) is 0 Å². The van der Waals surface area contributed by atoms with E-state index in [-0.39, 0.29) is 18.1 Å². The predicted octanol–water partition coefficient (Wildman–Crippen LogP) is 1.38. The van der Waals surface area contributed by atoms with E-state index in [1.54, 1.807) is 20.9 Å². The molecule has 0 spiro atoms. The maximum absolute atomic E-state index is 10.8. The molecule has 1 heterocycles. The van der Waals surface area contributed by atoms with Crippen LogP contribution in [0.3, 0.4) is 0 Å². The highest BCUT2D eigenvalue weighted by Gasteiger charge is 2.27. The Morgan fingerprint density at radius 2 is 2.28 bits per heavy atom. The van der Waals surface area contributed by atoms with Crippen LogP contribution < -0.4 is 5.32 Å². The first-order valence-electron chi connectivity index (χ1n) is 5.38. The lowest BCUT2D eigenvalue weighted by molar-refractivity contribution is -0.388. The number of anilines is 1. The van der Waals surface area contributed by atoms with Crippen LogP contribution in [0.4, 0.5) is 11.6 Å². The summed E-state index contributed by atoms with van der Waals surface area (Å²) in [6.07, 6.45) is 1.68. The SMILES string of the molecule is Cn1cnc([N+](=O)[O-])c1NC(C)(C)CCC(=O)O. The molecule has 0 radical (unpaired) electrons. The van der Waals surface area contributed by atoms with Crippen LogP contribution in [0.2, 0.25) is 0 Å². The average molecular weight is 256 g/mol. The Labute approximate surface area is 104 Å². The molecule has 0 amide bonds. The largest absolute Gasteiger partial charge is 0.481 e. The molecule has 1 aromatic rings. The van der Waals surface area contributed by atoms with Gasteiger partial charge in [-0.1, -0.05) is 0 Å². The third-order valence-corrected chi connectivity index (χ3v) is 2.51. The molecule has 8 nitrogen and oxygen atoms in total. The maximum atomic E-state index is 10.8. The van der Waals surface area contributed by atoms with E-state index in [2.05, 4.69) is 10.3 Å². The van der Waals surface area contributed by atoms with Gasteiger partial charge in [0, 0.05) is 19.0 Å². The number of aromatic nitrogens is 2. The van der Waals surface area contributed by atoms with Gasteiger partial charge in [0.25, 0.3) is 0 Å². The van der Waals surface area contributed by atoms with Crippen molar-refractivity contribution in [1.29, 1.82) is 0 Å². The molecule has 0 bridgehead atoms. The molecule has 8 heteroatoms. The summed E-state index contributed by atoms with van der Waals surface area (Å²) >= 11 is 0. The van der Waals surface area contributed by atoms with Crippen LogP contribution in [-0.2, 0) is 11.8 Å². The molecule has 0 saturated carbocycles. The Kier molecular flexibility index (Phi) is 3.89. The number of imidazole rings is 1. The highest BCUT2D eigenvalue weighted by Crippen LogP contribution is 2.26. The fourth-order valence-corrected chi connectivity index (χ4v) is 1.50. The minimum Gasteiger partial charge on any atom is -0.481 e. The molecule has 0 aromatic carbocycles. The van der Waals surface area contributed by atoms with Crippen LogP contribution in [0.15, 0.2) is 6.33 Å². The molecule has 1 aromatic heterocycles. The first-order valence-corrected chi connectivity index (χ1v) is 5.38. The summed E-state index contributed by atoms with van der Waals surface area (Å²) in [6, 6.07) is 0. The smallest absolute Gasteiger partial charge is 0.406 e. The molecular formula is C10H16N4O4. The molecule has 0 aliphatic rings. The number of hydrogen-bond acceptors (Lipinski definition) is 5. The van der Waals surface area contributed by atoms with Crippen LogP contribution in [0.1, 0.15) is 26.7 Å². The van der Waals surface area contributed by atoms with Gasteiger partial charge in [-0.3, -0.25) is 9.36 Å². The Morgan fingerprint density at radius 3 is 2.78 bits per heavy atom. The molecular weight excluding hydrogens is 240 g/mol. The van der Waals surface area contributed by atoms with E-state index in [1.807, 2.05) is 0 Å². The maximum Gasteiger partial charge on any atom is 0.406 e. The Morgan fingerprint density at radius 1 is 1.67 bits per heavy atom. The van der Waals surface area contributed by atoms with Crippen molar-refractivity contribution >= 4 is 17.6 Å². The lowest BCUT2D eigenvalue weighted by Crippen LogP contribution is -2.32. The van der Waals surface area contributed by atoms with Gasteiger partial charge in [0.1, 0.15) is 0 Å². The number of nitro groups is 1. The molecule has 0 atom stereocenters. The second kappa shape index (κ2) is 5.03. The molecule has 0 saturated heterocycles. The number of nitrogens with one attached hydrogen (secondary N) is 1. The van der Waals surface area contributed by atoms with Gasteiger partial charge >= 0.3 is 11.8 Å². The Bertz CT molecular complexity index is 466. The van der Waals surface area contributed by atoms with Crippen molar-refractivity contribution in [3.8, 4) is 0 Å². The summed E-state index contributed by atoms with van der Waals surface area (Å²) in [6.45, 7) is 3.57. The number of aliphatic carboxylic acids is 1. The van der Waals surface area contributed by atoms with Crippen molar-refractivity contribution in [2.24, 2.45) is 7.05 Å². The van der Waals surface area contributed by atoms with E-state index in [1.165, 1.54) is 10.9 Å². The summed E-state index contributed by atoms with van der Waals surface area (Å²) in [5, 5.41) is 22.4. The van der Waals surface area contributed by atoms with Crippen molar-refractivity contribution in [3.63, 3.8) is 0 Å². The van der Waals surface area contributed by atoms with Gasteiger partial charge in [-0.05, 0) is 30.2 Å². The molecule has 100 valence electrons. The van der Waals surface area contributed by atoms with E-state index in [9.17, 15) is 14.9 Å². The van der Waals surface area contributed by atoms with Crippen molar-refractivity contribution in [2.75, 3.05) is 5.32 Å². The zero-order valence-corrected chi connectivity index (χ0v) is 10.5. The van der Waals surface area contributed by atoms with E-state index in [4.69, 9.17) is 5.11 Å². The van der Waals surface area contributed by atoms with Crippen molar-refractivity contribution in [1.82, 2.24) is 9.55 Å². The van der Waals surface area contributed by atoms with Crippen molar-refractivity contribution in [2.45, 2.75) is 32.2 Å². The molecule has 0 fully saturated rings. The molecule has 0 aliphatic heterocycles. The Hall–Kier alpha value is -2.12. The second-order valence-corrected chi connectivity index (χ2v) is 4.69. The van der Waals surface area contributed by atoms with Gasteiger partial charge in [0.2, 0.25) is 12.1 Å². The predicted molar refractivity (Wildman–Crippen MR) is 64.4 cm³/mol. The van der Waals surface area contributed by atoms with Gasteiger partial charge in [-0.2, -0.15) is 0 Å². The van der Waals surface area contributed by atoms with E-state index in [0.29, 0.717) is 6.42 Å². The third kappa shape index (κ3) is 3.44. The first kappa shape index (κ1) is 13.9. The number of aryl methyl sites for hydroxylation is 1. The number of carboxylic acids is 1. The summed E-state index contributed by atoms with van der Waals surface area (Å²) in [7, 11) is 1.63. The third-order valence-electron chi connectivity index (χ3n) is 2.51. The normalized spacial score (nSPS) is 11.3. The lowest BCUT2D eigenvalue weighted by Gasteiger charge is -2.26. The lowest BCUT2D eigenvalue weighted by atomic mass is 9.98. The number of carboxylic acid groups (broad SMARTS) is 1. The fraction of sp³-hybridized carbons (Fsp3) is 0.600. The van der Waals surface area contributed by atoms with Crippen LogP contribution in [0.5, 0.6) is 0 Å². The molecule has 18 heavy (non-hydrogen) atoms. The first-order chi connectivity index (χ1) is 8.23. The number of rotatable bonds is 6. The summed E-state index contributed by atoms with van der Waals surface area (Å²) in [5.74, 6) is -0.888. The minimum absolute atomic E-state index is 0.00828. The monoisotopic (exact) mass is 256 g/mol. The minimum atomic E-state index is -0.899. The molecule has 1 rings (SSSR count). The summed E-state index contributed by atoms with van der Waals surface area (Å²) in [5.41, 5.74) is -0.572. The fourth-order valence-electron chi connectivity index (χ4n) is 1.50. The van der Waals surface area contributed by atoms with E-state index in [0.717, 1.165) is 0 Å². The quantitative estimate of drug-likeness (QED) is 0.587. The highest BCUT2D eigenvalue weighted by atomic mass is 16.6. The average Bonchev–Trinajstić information content (AvgIpc) is 2.57. The summed E-state index contributed by atoms with van der Waals surface area (Å²) in [4.78, 5) is 24.4. The zero-order chi connectivity index (χ0) is 13.9. The topological polar surface area (TPSA) is 110 Å². The molecule has 0 aliphatic carbocycles. The highest BCUT2D eigenvalue weighted by molar-refractivity contribution is 5.67. The van der Waals surface area contributed by atoms with Gasteiger partial charge in [0.15, 0.2) is 0 Å². The van der Waals surface area contributed by atoms with Gasteiger partial charge < -0.3 is 20.5 Å². The van der Waals surface area contributed by atoms with Crippen molar-refractivity contribution < 1.29 is 14.8 Å². The second-order valence-electron chi connectivity index (χ2n) is 4.69. The van der Waals surface area contributed by atoms with Crippen LogP contribution >= 0.6 is 0 Å². The standard InChI is InChI=1S/C10H16N4O4/c1-10(2,5-4-7(15)16)12-9-8(14(17)18)11-6-13(9)3/h6,12H,4-5H2,1-3H3,(H,15,16). The van der Waals surface area contributed by atoms with Crippen molar-refractivity contribution in [3.05, 3.63) is 16.4 Å². The van der Waals surface area contributed by atoms with E-state index >= 15 is 0 Å². The van der Waals surface area contributed by atoms with Gasteiger partial charge in [-0.15, -0.1) is 0 Å². The van der Waals surface area contributed by atoms with E-state index < -0.39 is 16.4 Å².